The molecule has 1 N–H and O–H groups in total. The van der Waals surface area contributed by atoms with Crippen molar-refractivity contribution in [1.82, 2.24) is 15.2 Å². The van der Waals surface area contributed by atoms with Crippen LogP contribution >= 0.6 is 23.1 Å². The number of hydrogen-bond acceptors (Lipinski definition) is 7. The van der Waals surface area contributed by atoms with Gasteiger partial charge in [0.2, 0.25) is 0 Å². The molecule has 6 rings (SSSR count). The Bertz CT molecular complexity index is 1590. The van der Waals surface area contributed by atoms with Crippen LogP contribution in [0.1, 0.15) is 5.56 Å². The maximum atomic E-state index is 5.60. The summed E-state index contributed by atoms with van der Waals surface area (Å²) >= 11 is 3.35. The maximum absolute atomic E-state index is 5.60. The monoisotopic (exact) mass is 466 g/mol. The normalized spacial score (nSPS) is 11.3. The molecule has 0 saturated heterocycles. The molecule has 0 amide bonds. The number of benzene rings is 2. The summed E-state index contributed by atoms with van der Waals surface area (Å²) in [7, 11) is 0. The Hall–Kier alpha value is -3.68. The number of hydrogen-bond donors (Lipinski definition) is 1. The van der Waals surface area contributed by atoms with E-state index in [0.717, 1.165) is 53.7 Å². The number of thiophene rings is 1. The summed E-state index contributed by atoms with van der Waals surface area (Å²) in [6.07, 6.45) is 3.48. The predicted molar refractivity (Wildman–Crippen MR) is 135 cm³/mol. The molecule has 0 saturated carbocycles. The number of anilines is 2. The highest BCUT2D eigenvalue weighted by Gasteiger charge is 2.13. The van der Waals surface area contributed by atoms with Crippen molar-refractivity contribution in [3.63, 3.8) is 0 Å². The molecule has 7 heteroatoms. The number of nitrogens with zero attached hydrogens (tertiary/aromatic N) is 3. The van der Waals surface area contributed by atoms with E-state index in [0.29, 0.717) is 0 Å². The van der Waals surface area contributed by atoms with Crippen molar-refractivity contribution in [3.8, 4) is 10.6 Å². The zero-order valence-electron chi connectivity index (χ0n) is 17.6. The van der Waals surface area contributed by atoms with E-state index in [2.05, 4.69) is 75.3 Å². The Morgan fingerprint density at radius 3 is 2.61 bits per heavy atom. The fraction of sp³-hybridized carbons (Fsp3) is 0.0385. The molecule has 0 aliphatic carbocycles. The highest BCUT2D eigenvalue weighted by atomic mass is 32.2. The van der Waals surface area contributed by atoms with Crippen LogP contribution in [0.2, 0.25) is 0 Å². The predicted octanol–water partition coefficient (Wildman–Crippen LogP) is 7.70. The van der Waals surface area contributed by atoms with Crippen molar-refractivity contribution in [2.75, 3.05) is 5.32 Å². The number of rotatable bonds is 5. The molecule has 0 bridgehead atoms. The lowest BCUT2D eigenvalue weighted by Crippen LogP contribution is -1.98. The second-order valence-electron chi connectivity index (χ2n) is 7.63. The second kappa shape index (κ2) is 8.35. The average Bonchev–Trinajstić information content (AvgIpc) is 3.50. The standard InChI is InChI=1S/C26H18N4OS2/c1-16-14-23(32-15-16)24-19-4-2-3-5-20(19)26(30-29-24)28-17-6-8-18(9-7-17)33-22-10-12-27-21-11-13-31-25(21)22/h2-15H,1H3,(H,28,30). The van der Waals surface area contributed by atoms with Gasteiger partial charge in [0.25, 0.3) is 0 Å². The number of pyridine rings is 1. The summed E-state index contributed by atoms with van der Waals surface area (Å²) in [5.74, 6) is 0.745. The Kier molecular flexibility index (Phi) is 5.05. The smallest absolute Gasteiger partial charge is 0.166 e. The van der Waals surface area contributed by atoms with E-state index in [9.17, 15) is 0 Å². The van der Waals surface area contributed by atoms with Gasteiger partial charge in [-0.15, -0.1) is 21.5 Å². The van der Waals surface area contributed by atoms with Crippen LogP contribution in [0, 0.1) is 6.92 Å². The largest absolute Gasteiger partial charge is 0.461 e. The summed E-state index contributed by atoms with van der Waals surface area (Å²) < 4.78 is 5.60. The summed E-state index contributed by atoms with van der Waals surface area (Å²) in [4.78, 5) is 7.62. The average molecular weight is 467 g/mol. The summed E-state index contributed by atoms with van der Waals surface area (Å²) in [5, 5.41) is 16.8. The fourth-order valence-corrected chi connectivity index (χ4v) is 5.53. The molecule has 0 unspecified atom stereocenters. The summed E-state index contributed by atoms with van der Waals surface area (Å²) in [6, 6.07) is 22.5. The molecule has 0 atom stereocenters. The fourth-order valence-electron chi connectivity index (χ4n) is 3.73. The topological polar surface area (TPSA) is 63.8 Å². The molecule has 6 aromatic rings. The molecule has 0 radical (unpaired) electrons. The van der Waals surface area contributed by atoms with Crippen LogP contribution in [0.15, 0.2) is 98.8 Å². The number of aromatic nitrogens is 3. The van der Waals surface area contributed by atoms with E-state index < -0.39 is 0 Å². The Morgan fingerprint density at radius 2 is 1.79 bits per heavy atom. The maximum Gasteiger partial charge on any atom is 0.166 e. The molecular formula is C26H18N4OS2. The molecule has 160 valence electrons. The van der Waals surface area contributed by atoms with Crippen molar-refractivity contribution >= 4 is 56.5 Å². The van der Waals surface area contributed by atoms with Gasteiger partial charge in [-0.05, 0) is 54.3 Å². The van der Waals surface area contributed by atoms with Gasteiger partial charge in [-0.2, -0.15) is 0 Å². The van der Waals surface area contributed by atoms with Gasteiger partial charge in [0.1, 0.15) is 11.2 Å². The lowest BCUT2D eigenvalue weighted by Gasteiger charge is -2.11. The summed E-state index contributed by atoms with van der Waals surface area (Å²) in [5.41, 5.74) is 4.79. The summed E-state index contributed by atoms with van der Waals surface area (Å²) in [6.45, 7) is 2.10. The van der Waals surface area contributed by atoms with Gasteiger partial charge in [-0.3, -0.25) is 4.98 Å². The van der Waals surface area contributed by atoms with Crippen LogP contribution in [0.5, 0.6) is 0 Å². The van der Waals surface area contributed by atoms with Crippen LogP contribution < -0.4 is 5.32 Å². The van der Waals surface area contributed by atoms with Gasteiger partial charge >= 0.3 is 0 Å². The molecule has 5 nitrogen and oxygen atoms in total. The highest BCUT2D eigenvalue weighted by molar-refractivity contribution is 7.99. The number of nitrogens with one attached hydrogen (secondary N) is 1. The Labute approximate surface area is 198 Å². The van der Waals surface area contributed by atoms with E-state index in [1.165, 1.54) is 5.56 Å². The van der Waals surface area contributed by atoms with Crippen molar-refractivity contribution in [1.29, 1.82) is 0 Å². The molecule has 0 spiro atoms. The minimum absolute atomic E-state index is 0.745. The van der Waals surface area contributed by atoms with Crippen LogP contribution in [-0.4, -0.2) is 15.2 Å². The number of aryl methyl sites for hydroxylation is 1. The van der Waals surface area contributed by atoms with Gasteiger partial charge in [0, 0.05) is 33.6 Å². The second-order valence-corrected chi connectivity index (χ2v) is 9.65. The first kappa shape index (κ1) is 20.0. The zero-order chi connectivity index (χ0) is 22.2. The molecular weight excluding hydrogens is 448 g/mol. The first-order valence-electron chi connectivity index (χ1n) is 10.4. The van der Waals surface area contributed by atoms with Crippen LogP contribution in [0.25, 0.3) is 32.4 Å². The first-order chi connectivity index (χ1) is 16.2. The first-order valence-corrected chi connectivity index (χ1v) is 12.1. The third-order valence-corrected chi connectivity index (χ3v) is 7.41. The van der Waals surface area contributed by atoms with E-state index in [1.807, 2.05) is 24.3 Å². The third-order valence-electron chi connectivity index (χ3n) is 5.30. The lowest BCUT2D eigenvalue weighted by atomic mass is 10.1. The molecule has 4 aromatic heterocycles. The molecule has 4 heterocycles. The van der Waals surface area contributed by atoms with E-state index in [1.54, 1.807) is 35.6 Å². The minimum atomic E-state index is 0.745. The quantitative estimate of drug-likeness (QED) is 0.281. The number of fused-ring (bicyclic) bond motifs is 2. The van der Waals surface area contributed by atoms with Gasteiger partial charge < -0.3 is 9.73 Å². The van der Waals surface area contributed by atoms with Crippen LogP contribution in [0.3, 0.4) is 0 Å². The van der Waals surface area contributed by atoms with Crippen molar-refractivity contribution < 1.29 is 4.42 Å². The lowest BCUT2D eigenvalue weighted by molar-refractivity contribution is 0.608. The molecule has 0 aliphatic heterocycles. The van der Waals surface area contributed by atoms with E-state index >= 15 is 0 Å². The number of furan rings is 1. The van der Waals surface area contributed by atoms with Gasteiger partial charge in [0.05, 0.1) is 16.0 Å². The van der Waals surface area contributed by atoms with E-state index in [4.69, 9.17) is 4.42 Å². The van der Waals surface area contributed by atoms with Crippen LogP contribution in [0.4, 0.5) is 11.5 Å². The SMILES string of the molecule is Cc1csc(-c2nnc(Nc3ccc(Sc4ccnc5ccoc45)cc3)c3ccccc23)c1. The van der Waals surface area contributed by atoms with Gasteiger partial charge in [-0.1, -0.05) is 36.0 Å². The van der Waals surface area contributed by atoms with Crippen LogP contribution in [-0.2, 0) is 0 Å². The molecule has 33 heavy (non-hydrogen) atoms. The van der Waals surface area contributed by atoms with Gasteiger partial charge in [0.15, 0.2) is 11.4 Å². The highest BCUT2D eigenvalue weighted by Crippen LogP contribution is 2.36. The van der Waals surface area contributed by atoms with Crippen molar-refractivity contribution in [2.24, 2.45) is 0 Å². The Morgan fingerprint density at radius 1 is 0.939 bits per heavy atom. The third kappa shape index (κ3) is 3.86. The zero-order valence-corrected chi connectivity index (χ0v) is 19.3. The van der Waals surface area contributed by atoms with Crippen molar-refractivity contribution in [3.05, 3.63) is 90.1 Å². The molecule has 2 aromatic carbocycles. The Balaban J connectivity index is 1.28. The molecule has 0 aliphatic rings. The molecule has 0 fully saturated rings. The van der Waals surface area contributed by atoms with Gasteiger partial charge in [-0.25, -0.2) is 0 Å². The minimum Gasteiger partial charge on any atom is -0.461 e. The van der Waals surface area contributed by atoms with E-state index in [-0.39, 0.29) is 0 Å². The van der Waals surface area contributed by atoms with Crippen molar-refractivity contribution in [2.45, 2.75) is 16.7 Å².